The number of aromatic nitrogens is 1. The number of nitrogens with zero attached hydrogens (tertiary/aromatic N) is 1. The molecule has 0 bridgehead atoms. The summed E-state index contributed by atoms with van der Waals surface area (Å²) in [5.41, 5.74) is 6.09. The van der Waals surface area contributed by atoms with Gasteiger partial charge in [-0.1, -0.05) is 17.4 Å². The first-order valence-electron chi connectivity index (χ1n) is 4.74. The van der Waals surface area contributed by atoms with E-state index in [1.807, 2.05) is 0 Å². The third-order valence-electron chi connectivity index (χ3n) is 2.10. The van der Waals surface area contributed by atoms with Crippen LogP contribution in [0.25, 0.3) is 0 Å². The summed E-state index contributed by atoms with van der Waals surface area (Å²) in [5.74, 6) is 0.247. The highest BCUT2D eigenvalue weighted by Gasteiger charge is 2.02. The maximum Gasteiger partial charge on any atom is 0.180 e. The molecule has 0 aliphatic rings. The molecule has 0 amide bonds. The van der Waals surface area contributed by atoms with Crippen molar-refractivity contribution in [3.63, 3.8) is 0 Å². The van der Waals surface area contributed by atoms with E-state index in [0.717, 1.165) is 4.88 Å². The van der Waals surface area contributed by atoms with E-state index < -0.39 is 0 Å². The molecule has 0 saturated carbocycles. The molecule has 1 heterocycles. The molecule has 1 aromatic carbocycles. The summed E-state index contributed by atoms with van der Waals surface area (Å²) in [6.07, 6.45) is 1.66. The van der Waals surface area contributed by atoms with E-state index in [1.54, 1.807) is 25.3 Å². The lowest BCUT2D eigenvalue weighted by Crippen LogP contribution is -1.94. The Kier molecular flexibility index (Phi) is 3.05. The van der Waals surface area contributed by atoms with Gasteiger partial charge in [0.1, 0.15) is 18.2 Å². The molecule has 0 spiro atoms. The highest BCUT2D eigenvalue weighted by molar-refractivity contribution is 7.15. The number of aryl methyl sites for hydroxylation is 1. The van der Waals surface area contributed by atoms with Crippen LogP contribution in [0.3, 0.4) is 0 Å². The van der Waals surface area contributed by atoms with Crippen LogP contribution in [0.5, 0.6) is 5.75 Å². The Labute approximate surface area is 96.7 Å². The molecule has 0 aliphatic heterocycles. The van der Waals surface area contributed by atoms with E-state index in [4.69, 9.17) is 10.5 Å². The van der Waals surface area contributed by atoms with Gasteiger partial charge < -0.3 is 10.5 Å². The maximum atomic E-state index is 13.2. The minimum Gasteiger partial charge on any atom is -0.488 e. The van der Waals surface area contributed by atoms with Crippen molar-refractivity contribution >= 4 is 16.5 Å². The average molecular weight is 238 g/mol. The van der Waals surface area contributed by atoms with Crippen LogP contribution in [0.15, 0.2) is 24.4 Å². The predicted molar refractivity (Wildman–Crippen MR) is 62.0 cm³/mol. The van der Waals surface area contributed by atoms with Crippen LogP contribution >= 0.6 is 11.3 Å². The van der Waals surface area contributed by atoms with E-state index in [0.29, 0.717) is 23.1 Å². The highest BCUT2D eigenvalue weighted by Crippen LogP contribution is 2.20. The molecule has 2 rings (SSSR count). The van der Waals surface area contributed by atoms with Gasteiger partial charge in [0.05, 0.1) is 4.88 Å². The van der Waals surface area contributed by atoms with Gasteiger partial charge in [0.2, 0.25) is 0 Å². The lowest BCUT2D eigenvalue weighted by Gasteiger charge is -2.05. The van der Waals surface area contributed by atoms with Crippen LogP contribution in [0.2, 0.25) is 0 Å². The minimum atomic E-state index is -0.263. The second-order valence-corrected chi connectivity index (χ2v) is 4.51. The number of anilines is 1. The van der Waals surface area contributed by atoms with E-state index in [2.05, 4.69) is 4.98 Å². The quantitative estimate of drug-likeness (QED) is 0.894. The third kappa shape index (κ3) is 2.49. The van der Waals surface area contributed by atoms with Crippen molar-refractivity contribution in [2.24, 2.45) is 0 Å². The van der Waals surface area contributed by atoms with Gasteiger partial charge in [-0.3, -0.25) is 0 Å². The summed E-state index contributed by atoms with van der Waals surface area (Å²) in [5, 5.41) is 0.508. The lowest BCUT2D eigenvalue weighted by molar-refractivity contribution is 0.308. The zero-order valence-electron chi connectivity index (χ0n) is 8.74. The van der Waals surface area contributed by atoms with Crippen LogP contribution < -0.4 is 10.5 Å². The maximum absolute atomic E-state index is 13.2. The van der Waals surface area contributed by atoms with Crippen LogP contribution in [-0.4, -0.2) is 4.98 Å². The van der Waals surface area contributed by atoms with E-state index in [9.17, 15) is 4.39 Å². The molecule has 0 unspecified atom stereocenters. The number of halogens is 1. The highest BCUT2D eigenvalue weighted by atomic mass is 32.1. The molecule has 5 heteroatoms. The Balaban J connectivity index is 2.02. The number of nitrogens with two attached hydrogens (primary N) is 1. The number of nitrogen functional groups attached to an aromatic ring is 1. The van der Waals surface area contributed by atoms with Crippen LogP contribution in [-0.2, 0) is 6.61 Å². The zero-order chi connectivity index (χ0) is 11.5. The molecular weight excluding hydrogens is 227 g/mol. The van der Waals surface area contributed by atoms with Crippen molar-refractivity contribution in [2.75, 3.05) is 5.73 Å². The number of thiazole rings is 1. The molecule has 2 aromatic rings. The minimum absolute atomic E-state index is 0.263. The molecule has 0 aliphatic carbocycles. The summed E-state index contributed by atoms with van der Waals surface area (Å²) >= 11 is 1.36. The topological polar surface area (TPSA) is 48.1 Å². The fourth-order valence-electron chi connectivity index (χ4n) is 1.21. The normalized spacial score (nSPS) is 10.4. The fraction of sp³-hybridized carbons (Fsp3) is 0.182. The van der Waals surface area contributed by atoms with Crippen LogP contribution in [0, 0.1) is 12.7 Å². The molecule has 84 valence electrons. The number of ether oxygens (including phenoxy) is 1. The zero-order valence-corrected chi connectivity index (χ0v) is 9.55. The molecular formula is C11H11FN2OS. The van der Waals surface area contributed by atoms with Crippen molar-refractivity contribution in [1.82, 2.24) is 4.98 Å². The Bertz CT molecular complexity index is 498. The van der Waals surface area contributed by atoms with Crippen molar-refractivity contribution in [2.45, 2.75) is 13.5 Å². The Morgan fingerprint density at radius 2 is 2.31 bits per heavy atom. The second kappa shape index (κ2) is 4.49. The molecule has 16 heavy (non-hydrogen) atoms. The molecule has 0 atom stereocenters. The smallest absolute Gasteiger partial charge is 0.180 e. The first-order valence-corrected chi connectivity index (χ1v) is 5.56. The van der Waals surface area contributed by atoms with Crippen LogP contribution in [0.4, 0.5) is 9.52 Å². The molecule has 0 saturated heterocycles. The van der Waals surface area contributed by atoms with Gasteiger partial charge >= 0.3 is 0 Å². The molecule has 0 radical (unpaired) electrons. The SMILES string of the molecule is Cc1ccc(OCc2cnc(N)s2)cc1F. The van der Waals surface area contributed by atoms with Crippen molar-refractivity contribution < 1.29 is 9.13 Å². The van der Waals surface area contributed by atoms with Crippen molar-refractivity contribution in [3.05, 3.63) is 40.7 Å². The first kappa shape index (κ1) is 10.9. The average Bonchev–Trinajstić information content (AvgIpc) is 2.66. The van der Waals surface area contributed by atoms with Crippen LogP contribution in [0.1, 0.15) is 10.4 Å². The first-order chi connectivity index (χ1) is 7.65. The Hall–Kier alpha value is -1.62. The summed E-state index contributed by atoms with van der Waals surface area (Å²) in [4.78, 5) is 4.82. The summed E-state index contributed by atoms with van der Waals surface area (Å²) in [6, 6.07) is 4.80. The second-order valence-electron chi connectivity index (χ2n) is 3.36. The molecule has 2 N–H and O–H groups in total. The standard InChI is InChI=1S/C11H11FN2OS/c1-7-2-3-8(4-10(7)12)15-6-9-5-14-11(13)16-9/h2-5H,6H2,1H3,(H2,13,14). The lowest BCUT2D eigenvalue weighted by atomic mass is 10.2. The summed E-state index contributed by atoms with van der Waals surface area (Å²) in [6.45, 7) is 2.07. The van der Waals surface area contributed by atoms with Crippen molar-refractivity contribution in [1.29, 1.82) is 0 Å². The Morgan fingerprint density at radius 1 is 1.50 bits per heavy atom. The largest absolute Gasteiger partial charge is 0.488 e. The van der Waals surface area contributed by atoms with E-state index >= 15 is 0 Å². The third-order valence-corrected chi connectivity index (χ3v) is 2.90. The molecule has 1 aromatic heterocycles. The fourth-order valence-corrected chi connectivity index (χ4v) is 1.80. The van der Waals surface area contributed by atoms with Gasteiger partial charge in [0.15, 0.2) is 5.13 Å². The monoisotopic (exact) mass is 238 g/mol. The van der Waals surface area contributed by atoms with Gasteiger partial charge in [0.25, 0.3) is 0 Å². The Morgan fingerprint density at radius 3 is 2.94 bits per heavy atom. The number of hydrogen-bond acceptors (Lipinski definition) is 4. The van der Waals surface area contributed by atoms with Crippen molar-refractivity contribution in [3.8, 4) is 5.75 Å². The van der Waals surface area contributed by atoms with Gasteiger partial charge in [-0.2, -0.15) is 0 Å². The molecule has 0 fully saturated rings. The van der Waals surface area contributed by atoms with Gasteiger partial charge in [-0.05, 0) is 18.6 Å². The van der Waals surface area contributed by atoms with Gasteiger partial charge in [-0.25, -0.2) is 9.37 Å². The predicted octanol–water partition coefficient (Wildman–Crippen LogP) is 2.75. The number of hydrogen-bond donors (Lipinski definition) is 1. The molecule has 3 nitrogen and oxygen atoms in total. The van der Waals surface area contributed by atoms with E-state index in [-0.39, 0.29) is 5.82 Å². The van der Waals surface area contributed by atoms with E-state index in [1.165, 1.54) is 17.4 Å². The van der Waals surface area contributed by atoms with Gasteiger partial charge in [0, 0.05) is 12.3 Å². The summed E-state index contributed by atoms with van der Waals surface area (Å²) < 4.78 is 18.6. The number of benzene rings is 1. The number of rotatable bonds is 3. The summed E-state index contributed by atoms with van der Waals surface area (Å²) in [7, 11) is 0. The van der Waals surface area contributed by atoms with Gasteiger partial charge in [-0.15, -0.1) is 0 Å².